The second-order valence-electron chi connectivity index (χ2n) is 4.08. The fourth-order valence-corrected chi connectivity index (χ4v) is 1.96. The van der Waals surface area contributed by atoms with E-state index in [0.29, 0.717) is 6.61 Å². The molecule has 78 valence electrons. The molecule has 2 heterocycles. The summed E-state index contributed by atoms with van der Waals surface area (Å²) in [7, 11) is 1.80. The van der Waals surface area contributed by atoms with Gasteiger partial charge in [-0.3, -0.25) is 4.90 Å². The van der Waals surface area contributed by atoms with Crippen LogP contribution >= 0.6 is 0 Å². The van der Waals surface area contributed by atoms with Gasteiger partial charge in [-0.05, 0) is 25.5 Å². The Hall–Kier alpha value is -1.03. The van der Waals surface area contributed by atoms with Crippen molar-refractivity contribution in [3.05, 3.63) is 11.6 Å². The number of cyclic esters (lactones) is 1. The normalized spacial score (nSPS) is 32.9. The summed E-state index contributed by atoms with van der Waals surface area (Å²) in [6, 6.07) is 0. The molecule has 0 bridgehead atoms. The number of hydrogen-bond acceptors (Lipinski definition) is 3. The first-order valence-corrected chi connectivity index (χ1v) is 4.95. The molecule has 0 aromatic heterocycles. The molecule has 1 N–H and O–H groups in total. The van der Waals surface area contributed by atoms with Crippen molar-refractivity contribution in [3.8, 4) is 0 Å². The number of amides is 1. The molecule has 4 nitrogen and oxygen atoms in total. The molecule has 0 aromatic carbocycles. The fraction of sp³-hybridized carbons (Fsp3) is 0.700. The van der Waals surface area contributed by atoms with Crippen LogP contribution in [0.3, 0.4) is 0 Å². The highest BCUT2D eigenvalue weighted by molar-refractivity contribution is 5.72. The first-order valence-electron chi connectivity index (χ1n) is 4.95. The molecule has 2 aliphatic rings. The monoisotopic (exact) mass is 196 g/mol. The van der Waals surface area contributed by atoms with Crippen molar-refractivity contribution >= 4 is 6.09 Å². The molecule has 1 unspecified atom stereocenters. The summed E-state index contributed by atoms with van der Waals surface area (Å²) in [5, 5.41) is 3.31. The molecule has 1 amide bonds. The Balaban J connectivity index is 2.23. The Morgan fingerprint density at radius 2 is 2.43 bits per heavy atom. The summed E-state index contributed by atoms with van der Waals surface area (Å²) in [5.41, 5.74) is 1.02. The van der Waals surface area contributed by atoms with Crippen LogP contribution in [0.4, 0.5) is 4.79 Å². The van der Waals surface area contributed by atoms with E-state index in [2.05, 4.69) is 18.3 Å². The van der Waals surface area contributed by atoms with E-state index in [1.165, 1.54) is 5.57 Å². The highest BCUT2D eigenvalue weighted by Crippen LogP contribution is 2.30. The van der Waals surface area contributed by atoms with Crippen molar-refractivity contribution in [2.75, 3.05) is 26.7 Å². The van der Waals surface area contributed by atoms with Gasteiger partial charge in [-0.1, -0.05) is 6.08 Å². The van der Waals surface area contributed by atoms with Crippen molar-refractivity contribution in [3.63, 3.8) is 0 Å². The van der Waals surface area contributed by atoms with Gasteiger partial charge in [-0.15, -0.1) is 0 Å². The molecule has 2 aliphatic heterocycles. The van der Waals surface area contributed by atoms with E-state index in [9.17, 15) is 4.79 Å². The van der Waals surface area contributed by atoms with Crippen molar-refractivity contribution < 1.29 is 9.53 Å². The average Bonchev–Trinajstić information content (AvgIpc) is 2.49. The molecule has 14 heavy (non-hydrogen) atoms. The van der Waals surface area contributed by atoms with Crippen LogP contribution in [-0.2, 0) is 4.74 Å². The third-order valence-electron chi connectivity index (χ3n) is 3.21. The fourth-order valence-electron chi connectivity index (χ4n) is 1.96. The van der Waals surface area contributed by atoms with E-state index in [-0.39, 0.29) is 11.6 Å². The number of ether oxygens (including phenoxy) is 1. The summed E-state index contributed by atoms with van der Waals surface area (Å²) < 4.78 is 5.05. The maximum atomic E-state index is 11.3. The van der Waals surface area contributed by atoms with Gasteiger partial charge in [0, 0.05) is 13.6 Å². The van der Waals surface area contributed by atoms with Crippen LogP contribution in [-0.4, -0.2) is 43.3 Å². The zero-order valence-electron chi connectivity index (χ0n) is 8.67. The molecule has 1 atom stereocenters. The quantitative estimate of drug-likeness (QED) is 0.629. The molecule has 0 aliphatic carbocycles. The predicted octanol–water partition coefficient (Wildman–Crippen LogP) is 0.747. The van der Waals surface area contributed by atoms with Crippen molar-refractivity contribution in [2.24, 2.45) is 0 Å². The molecular weight excluding hydrogens is 180 g/mol. The summed E-state index contributed by atoms with van der Waals surface area (Å²) in [6.07, 6.45) is 3.03. The van der Waals surface area contributed by atoms with Gasteiger partial charge in [0.25, 0.3) is 0 Å². The number of nitrogens with one attached hydrogen (secondary N) is 1. The van der Waals surface area contributed by atoms with Crippen LogP contribution in [0.2, 0.25) is 0 Å². The van der Waals surface area contributed by atoms with Crippen molar-refractivity contribution in [1.82, 2.24) is 10.2 Å². The van der Waals surface area contributed by atoms with Gasteiger partial charge in [0.2, 0.25) is 0 Å². The average molecular weight is 196 g/mol. The lowest BCUT2D eigenvalue weighted by Crippen LogP contribution is -2.47. The Morgan fingerprint density at radius 3 is 2.93 bits per heavy atom. The zero-order chi connectivity index (χ0) is 10.2. The van der Waals surface area contributed by atoms with Crippen LogP contribution in [0, 0.1) is 0 Å². The minimum atomic E-state index is -0.246. The summed E-state index contributed by atoms with van der Waals surface area (Å²) in [6.45, 7) is 4.40. The molecule has 0 aromatic rings. The summed E-state index contributed by atoms with van der Waals surface area (Å²) >= 11 is 0. The first-order chi connectivity index (χ1) is 6.64. The van der Waals surface area contributed by atoms with E-state index >= 15 is 0 Å². The maximum Gasteiger partial charge on any atom is 0.410 e. The number of hydrogen-bond donors (Lipinski definition) is 1. The van der Waals surface area contributed by atoms with E-state index in [4.69, 9.17) is 4.74 Å². The van der Waals surface area contributed by atoms with Crippen molar-refractivity contribution in [1.29, 1.82) is 0 Å². The van der Waals surface area contributed by atoms with Gasteiger partial charge in [0.05, 0.1) is 5.54 Å². The van der Waals surface area contributed by atoms with Crippen LogP contribution in [0.15, 0.2) is 11.6 Å². The second kappa shape index (κ2) is 3.28. The second-order valence-corrected chi connectivity index (χ2v) is 4.08. The molecule has 1 fully saturated rings. The van der Waals surface area contributed by atoms with E-state index in [1.807, 2.05) is 0 Å². The van der Waals surface area contributed by atoms with E-state index < -0.39 is 0 Å². The van der Waals surface area contributed by atoms with Crippen molar-refractivity contribution in [2.45, 2.75) is 18.9 Å². The summed E-state index contributed by atoms with van der Waals surface area (Å²) in [4.78, 5) is 13.0. The van der Waals surface area contributed by atoms with E-state index in [1.54, 1.807) is 11.9 Å². The number of rotatable bonds is 1. The Kier molecular flexibility index (Phi) is 2.23. The van der Waals surface area contributed by atoms with Gasteiger partial charge in [0.15, 0.2) is 0 Å². The maximum absolute atomic E-state index is 11.3. The smallest absolute Gasteiger partial charge is 0.410 e. The zero-order valence-corrected chi connectivity index (χ0v) is 8.67. The lowest BCUT2D eigenvalue weighted by molar-refractivity contribution is 0.163. The van der Waals surface area contributed by atoms with Gasteiger partial charge in [-0.2, -0.15) is 0 Å². The van der Waals surface area contributed by atoms with Gasteiger partial charge in [0.1, 0.15) is 6.61 Å². The van der Waals surface area contributed by atoms with Crippen LogP contribution < -0.4 is 5.32 Å². The minimum Gasteiger partial charge on any atom is -0.447 e. The van der Waals surface area contributed by atoms with Gasteiger partial charge >= 0.3 is 6.09 Å². The highest BCUT2D eigenvalue weighted by atomic mass is 16.6. The Bertz CT molecular complexity index is 288. The molecule has 0 saturated carbocycles. The standard InChI is InChI=1S/C10H16N2O2/c1-10(7-14-9(13)12(10)2)8-4-3-5-11-6-8/h4,11H,3,5-7H2,1-2H3. The first kappa shape index (κ1) is 9.52. The Morgan fingerprint density at radius 1 is 1.64 bits per heavy atom. The highest BCUT2D eigenvalue weighted by Gasteiger charge is 2.43. The molecule has 0 radical (unpaired) electrons. The third-order valence-corrected chi connectivity index (χ3v) is 3.21. The summed E-state index contributed by atoms with van der Waals surface area (Å²) in [5.74, 6) is 0. The van der Waals surface area contributed by atoms with Gasteiger partial charge < -0.3 is 10.1 Å². The molecule has 0 spiro atoms. The van der Waals surface area contributed by atoms with E-state index in [0.717, 1.165) is 19.5 Å². The van der Waals surface area contributed by atoms with Crippen LogP contribution in [0.1, 0.15) is 13.3 Å². The molecular formula is C10H16N2O2. The number of carbonyl (C=O) groups excluding carboxylic acids is 1. The lowest BCUT2D eigenvalue weighted by atomic mass is 9.89. The Labute approximate surface area is 83.9 Å². The number of likely N-dealkylation sites (N-methyl/N-ethyl adjacent to an activating group) is 1. The molecule has 4 heteroatoms. The topological polar surface area (TPSA) is 41.6 Å². The number of carbonyl (C=O) groups is 1. The minimum absolute atomic E-state index is 0.223. The van der Waals surface area contributed by atoms with Gasteiger partial charge in [-0.25, -0.2) is 4.79 Å². The molecule has 2 rings (SSSR count). The molecule has 1 saturated heterocycles. The van der Waals surface area contributed by atoms with Crippen LogP contribution in [0.5, 0.6) is 0 Å². The van der Waals surface area contributed by atoms with Crippen LogP contribution in [0.25, 0.3) is 0 Å². The predicted molar refractivity (Wildman–Crippen MR) is 53.1 cm³/mol. The SMILES string of the molecule is CN1C(=O)OCC1(C)C1=CCCNC1. The third kappa shape index (κ3) is 1.30. The largest absolute Gasteiger partial charge is 0.447 e. The number of nitrogens with zero attached hydrogens (tertiary/aromatic N) is 1. The lowest BCUT2D eigenvalue weighted by Gasteiger charge is -2.33.